The van der Waals surface area contributed by atoms with E-state index < -0.39 is 72.6 Å². The smallest absolute Gasteiger partial charge is 0.326 e. The first-order chi connectivity index (χ1) is 16.5. The van der Waals surface area contributed by atoms with Crippen LogP contribution < -0.4 is 22.1 Å². The van der Waals surface area contributed by atoms with E-state index in [0.29, 0.717) is 6.42 Å². The van der Waals surface area contributed by atoms with Gasteiger partial charge in [0.15, 0.2) is 0 Å². The Hall–Kier alpha value is -4.00. The Bertz CT molecular complexity index is 970. The lowest BCUT2D eigenvalue weighted by Gasteiger charge is -2.28. The van der Waals surface area contributed by atoms with Crippen molar-refractivity contribution < 1.29 is 39.0 Å². The van der Waals surface area contributed by atoms with E-state index in [-0.39, 0.29) is 19.4 Å². The highest BCUT2D eigenvalue weighted by molar-refractivity contribution is 5.96. The number of likely N-dealkylation sites (tertiary alicyclic amines) is 1. The molecule has 1 aliphatic rings. The summed E-state index contributed by atoms with van der Waals surface area (Å²) in [5.41, 5.74) is 11.9. The molecule has 0 bridgehead atoms. The van der Waals surface area contributed by atoms with Crippen molar-refractivity contribution in [3.63, 3.8) is 0 Å². The zero-order chi connectivity index (χ0) is 26.1. The quantitative estimate of drug-likeness (QED) is 0.189. The number of carboxylic acid groups (broad SMARTS) is 2. The molecule has 190 valence electrons. The highest BCUT2D eigenvalue weighted by atomic mass is 16.4. The van der Waals surface area contributed by atoms with Gasteiger partial charge < -0.3 is 37.2 Å². The van der Waals surface area contributed by atoms with Crippen LogP contribution in [0.2, 0.25) is 0 Å². The largest absolute Gasteiger partial charge is 0.481 e. The number of benzene rings is 1. The third-order valence-corrected chi connectivity index (χ3v) is 5.49. The molecule has 13 nitrogen and oxygen atoms in total. The van der Waals surface area contributed by atoms with Crippen molar-refractivity contribution in [1.82, 2.24) is 15.5 Å². The van der Waals surface area contributed by atoms with Gasteiger partial charge in [-0.25, -0.2) is 4.79 Å². The number of primary amides is 1. The first-order valence-electron chi connectivity index (χ1n) is 10.9. The molecular formula is C22H29N5O8. The maximum absolute atomic E-state index is 12.9. The number of aliphatic carboxylic acids is 2. The summed E-state index contributed by atoms with van der Waals surface area (Å²) in [5.74, 6) is -6.34. The van der Waals surface area contributed by atoms with Gasteiger partial charge in [-0.05, 0) is 24.8 Å². The second-order valence-electron chi connectivity index (χ2n) is 8.21. The molecule has 1 aromatic rings. The molecule has 13 heteroatoms. The molecule has 0 spiro atoms. The number of rotatable bonds is 12. The SMILES string of the molecule is NC(=O)CC(NC(=O)C(CC(=O)O)NC(=O)C1CCCN1C(=O)C(N)Cc1ccccc1)C(=O)O. The molecule has 1 heterocycles. The van der Waals surface area contributed by atoms with Crippen LogP contribution in [0.3, 0.4) is 0 Å². The highest BCUT2D eigenvalue weighted by Gasteiger charge is 2.38. The van der Waals surface area contributed by atoms with Gasteiger partial charge in [0.25, 0.3) is 0 Å². The molecule has 0 aliphatic carbocycles. The molecule has 1 saturated heterocycles. The van der Waals surface area contributed by atoms with Crippen molar-refractivity contribution in [2.24, 2.45) is 11.5 Å². The first kappa shape index (κ1) is 27.2. The molecule has 1 aliphatic heterocycles. The lowest BCUT2D eigenvalue weighted by atomic mass is 10.0. The third kappa shape index (κ3) is 8.07. The number of nitrogens with two attached hydrogens (primary N) is 2. The van der Waals surface area contributed by atoms with Crippen molar-refractivity contribution in [2.45, 2.75) is 56.3 Å². The van der Waals surface area contributed by atoms with Gasteiger partial charge in [0.05, 0.1) is 18.9 Å². The van der Waals surface area contributed by atoms with Crippen LogP contribution in [-0.2, 0) is 35.2 Å². The Morgan fingerprint density at radius 3 is 2.23 bits per heavy atom. The van der Waals surface area contributed by atoms with Crippen LogP contribution in [0.4, 0.5) is 0 Å². The van der Waals surface area contributed by atoms with Gasteiger partial charge in [-0.1, -0.05) is 30.3 Å². The van der Waals surface area contributed by atoms with E-state index in [0.717, 1.165) is 5.56 Å². The molecule has 0 aromatic heterocycles. The van der Waals surface area contributed by atoms with Crippen LogP contribution in [-0.4, -0.2) is 81.4 Å². The zero-order valence-electron chi connectivity index (χ0n) is 18.9. The van der Waals surface area contributed by atoms with E-state index in [1.54, 1.807) is 0 Å². The maximum atomic E-state index is 12.9. The molecule has 0 radical (unpaired) electrons. The minimum absolute atomic E-state index is 0.255. The predicted octanol–water partition coefficient (Wildman–Crippen LogP) is -2.05. The Morgan fingerprint density at radius 1 is 1.00 bits per heavy atom. The van der Waals surface area contributed by atoms with E-state index in [2.05, 4.69) is 5.32 Å². The standard InChI is InChI=1S/C22H29N5O8/c23-13(9-12-5-2-1-3-6-12)21(33)27-8-4-7-16(27)20(32)25-14(11-18(29)30)19(31)26-15(22(34)35)10-17(24)28/h1-3,5-6,13-16H,4,7-11,23H2,(H2,24,28)(H,25,32)(H,26,31)(H,29,30)(H,34,35). The van der Waals surface area contributed by atoms with Crippen molar-refractivity contribution >= 4 is 35.6 Å². The topological polar surface area (TPSA) is 222 Å². The normalized spacial score (nSPS) is 17.6. The van der Waals surface area contributed by atoms with Gasteiger partial charge >= 0.3 is 11.9 Å². The fraction of sp³-hybridized carbons (Fsp3) is 0.455. The Balaban J connectivity index is 2.09. The molecular weight excluding hydrogens is 462 g/mol. The molecule has 4 amide bonds. The van der Waals surface area contributed by atoms with Crippen LogP contribution in [0, 0.1) is 0 Å². The van der Waals surface area contributed by atoms with Crippen molar-refractivity contribution in [2.75, 3.05) is 6.54 Å². The minimum Gasteiger partial charge on any atom is -0.481 e. The zero-order valence-corrected chi connectivity index (χ0v) is 18.9. The average molecular weight is 492 g/mol. The molecule has 8 N–H and O–H groups in total. The second kappa shape index (κ2) is 12.5. The predicted molar refractivity (Wildman–Crippen MR) is 120 cm³/mol. The summed E-state index contributed by atoms with van der Waals surface area (Å²) in [7, 11) is 0. The minimum atomic E-state index is -1.70. The molecule has 4 atom stereocenters. The van der Waals surface area contributed by atoms with E-state index in [4.69, 9.17) is 21.7 Å². The Labute approximate surface area is 200 Å². The number of carbonyl (C=O) groups excluding carboxylic acids is 4. The number of hydrogen-bond donors (Lipinski definition) is 6. The van der Waals surface area contributed by atoms with Gasteiger partial charge in [0, 0.05) is 6.54 Å². The van der Waals surface area contributed by atoms with Crippen LogP contribution in [0.5, 0.6) is 0 Å². The summed E-state index contributed by atoms with van der Waals surface area (Å²) >= 11 is 0. The molecule has 2 rings (SSSR count). The van der Waals surface area contributed by atoms with Gasteiger partial charge in [-0.2, -0.15) is 0 Å². The van der Waals surface area contributed by atoms with E-state index in [1.807, 2.05) is 35.6 Å². The second-order valence-corrected chi connectivity index (χ2v) is 8.21. The molecule has 4 unspecified atom stereocenters. The fourth-order valence-electron chi connectivity index (χ4n) is 3.80. The van der Waals surface area contributed by atoms with Crippen molar-refractivity contribution in [3.05, 3.63) is 35.9 Å². The fourth-order valence-corrected chi connectivity index (χ4v) is 3.80. The van der Waals surface area contributed by atoms with Crippen LogP contribution in [0.1, 0.15) is 31.2 Å². The number of carbonyl (C=O) groups is 6. The van der Waals surface area contributed by atoms with Gasteiger partial charge in [-0.3, -0.25) is 24.0 Å². The van der Waals surface area contributed by atoms with E-state index in [9.17, 15) is 28.8 Å². The lowest BCUT2D eigenvalue weighted by molar-refractivity contribution is -0.145. The maximum Gasteiger partial charge on any atom is 0.326 e. The number of nitrogens with zero attached hydrogens (tertiary/aromatic N) is 1. The summed E-state index contributed by atoms with van der Waals surface area (Å²) in [5, 5.41) is 22.6. The number of carboxylic acids is 2. The highest BCUT2D eigenvalue weighted by Crippen LogP contribution is 2.19. The van der Waals surface area contributed by atoms with Crippen LogP contribution >= 0.6 is 0 Å². The Kier molecular flexibility index (Phi) is 9.70. The molecule has 1 aromatic carbocycles. The van der Waals surface area contributed by atoms with Gasteiger partial charge in [0.2, 0.25) is 23.6 Å². The monoisotopic (exact) mass is 491 g/mol. The number of nitrogens with one attached hydrogen (secondary N) is 2. The average Bonchev–Trinajstić information content (AvgIpc) is 3.27. The Morgan fingerprint density at radius 2 is 1.66 bits per heavy atom. The van der Waals surface area contributed by atoms with Crippen molar-refractivity contribution in [1.29, 1.82) is 0 Å². The van der Waals surface area contributed by atoms with E-state index >= 15 is 0 Å². The third-order valence-electron chi connectivity index (χ3n) is 5.49. The number of hydrogen-bond acceptors (Lipinski definition) is 7. The van der Waals surface area contributed by atoms with Crippen molar-refractivity contribution in [3.8, 4) is 0 Å². The van der Waals surface area contributed by atoms with Gasteiger partial charge in [0.1, 0.15) is 18.1 Å². The summed E-state index contributed by atoms with van der Waals surface area (Å²) in [6, 6.07) is 3.85. The summed E-state index contributed by atoms with van der Waals surface area (Å²) < 4.78 is 0. The van der Waals surface area contributed by atoms with Gasteiger partial charge in [-0.15, -0.1) is 0 Å². The summed E-state index contributed by atoms with van der Waals surface area (Å²) in [6.07, 6.45) is -0.549. The molecule has 0 saturated carbocycles. The molecule has 1 fully saturated rings. The van der Waals surface area contributed by atoms with E-state index in [1.165, 1.54) is 4.90 Å². The van der Waals surface area contributed by atoms with Crippen LogP contribution in [0.25, 0.3) is 0 Å². The number of amides is 4. The lowest BCUT2D eigenvalue weighted by Crippen LogP contribution is -2.57. The first-order valence-corrected chi connectivity index (χ1v) is 10.9. The summed E-state index contributed by atoms with van der Waals surface area (Å²) in [4.78, 5) is 73.3. The molecule has 35 heavy (non-hydrogen) atoms. The summed E-state index contributed by atoms with van der Waals surface area (Å²) in [6.45, 7) is 0.259. The van der Waals surface area contributed by atoms with Crippen LogP contribution in [0.15, 0.2) is 30.3 Å².